The van der Waals surface area contributed by atoms with E-state index in [4.69, 9.17) is 9.47 Å². The quantitative estimate of drug-likeness (QED) is 0.756. The number of hydrogen-bond donors (Lipinski definition) is 2. The molecule has 2 aromatic heterocycles. The van der Waals surface area contributed by atoms with Crippen LogP contribution in [0.25, 0.3) is 11.2 Å². The molecule has 3 aromatic rings. The first-order valence-corrected chi connectivity index (χ1v) is 5.94. The van der Waals surface area contributed by atoms with E-state index in [9.17, 15) is 0 Å². The third-order valence-corrected chi connectivity index (χ3v) is 2.84. The second-order valence-electron chi connectivity index (χ2n) is 4.05. The molecule has 0 saturated carbocycles. The van der Waals surface area contributed by atoms with Gasteiger partial charge in [0.05, 0.1) is 20.5 Å². The van der Waals surface area contributed by atoms with Crippen LogP contribution in [0.4, 0.5) is 11.5 Å². The van der Waals surface area contributed by atoms with E-state index in [0.717, 1.165) is 11.2 Å². The minimum Gasteiger partial charge on any atom is -0.497 e. The zero-order valence-corrected chi connectivity index (χ0v) is 11.0. The molecule has 0 amide bonds. The third-order valence-electron chi connectivity index (χ3n) is 2.84. The second kappa shape index (κ2) is 5.04. The van der Waals surface area contributed by atoms with E-state index >= 15 is 0 Å². The Labute approximate surface area is 115 Å². The lowest BCUT2D eigenvalue weighted by Gasteiger charge is -2.10. The van der Waals surface area contributed by atoms with Crippen molar-refractivity contribution in [3.8, 4) is 11.5 Å². The molecule has 0 saturated heterocycles. The molecule has 0 bridgehead atoms. The smallest absolute Gasteiger partial charge is 0.182 e. The number of ether oxygens (including phenoxy) is 2. The summed E-state index contributed by atoms with van der Waals surface area (Å²) in [6, 6.07) is 5.51. The van der Waals surface area contributed by atoms with Crippen LogP contribution < -0.4 is 14.8 Å². The molecule has 0 aliphatic heterocycles. The minimum atomic E-state index is 0.609. The highest BCUT2D eigenvalue weighted by atomic mass is 16.5. The monoisotopic (exact) mass is 271 g/mol. The van der Waals surface area contributed by atoms with Gasteiger partial charge in [-0.3, -0.25) is 0 Å². The molecule has 0 radical (unpaired) electrons. The zero-order valence-electron chi connectivity index (χ0n) is 11.0. The number of nitrogens with one attached hydrogen (secondary N) is 2. The summed E-state index contributed by atoms with van der Waals surface area (Å²) >= 11 is 0. The summed E-state index contributed by atoms with van der Waals surface area (Å²) < 4.78 is 10.5. The van der Waals surface area contributed by atoms with Gasteiger partial charge in [0, 0.05) is 23.9 Å². The van der Waals surface area contributed by atoms with Crippen molar-refractivity contribution in [3.05, 3.63) is 30.9 Å². The molecular formula is C13H13N5O2. The first-order valence-electron chi connectivity index (χ1n) is 5.94. The summed E-state index contributed by atoms with van der Waals surface area (Å²) in [7, 11) is 3.21. The Morgan fingerprint density at radius 2 is 1.75 bits per heavy atom. The van der Waals surface area contributed by atoms with Gasteiger partial charge < -0.3 is 19.8 Å². The van der Waals surface area contributed by atoms with Crippen molar-refractivity contribution in [2.24, 2.45) is 0 Å². The van der Waals surface area contributed by atoms with Gasteiger partial charge in [-0.25, -0.2) is 15.0 Å². The van der Waals surface area contributed by atoms with Crippen molar-refractivity contribution < 1.29 is 9.47 Å². The van der Waals surface area contributed by atoms with Crippen LogP contribution in [-0.2, 0) is 0 Å². The van der Waals surface area contributed by atoms with Gasteiger partial charge in [0.15, 0.2) is 11.5 Å². The van der Waals surface area contributed by atoms with Crippen molar-refractivity contribution in [2.45, 2.75) is 0 Å². The van der Waals surface area contributed by atoms with Crippen molar-refractivity contribution in [1.29, 1.82) is 0 Å². The number of hydrogen-bond acceptors (Lipinski definition) is 6. The maximum Gasteiger partial charge on any atom is 0.182 e. The number of aromatic nitrogens is 4. The zero-order chi connectivity index (χ0) is 13.9. The minimum absolute atomic E-state index is 0.609. The van der Waals surface area contributed by atoms with Gasteiger partial charge in [-0.05, 0) is 0 Å². The predicted molar refractivity (Wildman–Crippen MR) is 74.5 cm³/mol. The molecule has 0 atom stereocenters. The second-order valence-corrected chi connectivity index (χ2v) is 4.05. The van der Waals surface area contributed by atoms with Crippen LogP contribution in [0.3, 0.4) is 0 Å². The third kappa shape index (κ3) is 2.20. The molecule has 0 aliphatic rings. The highest BCUT2D eigenvalue weighted by Gasteiger charge is 2.08. The summed E-state index contributed by atoms with van der Waals surface area (Å²) in [5.41, 5.74) is 2.16. The van der Waals surface area contributed by atoms with E-state index in [1.54, 1.807) is 26.6 Å². The van der Waals surface area contributed by atoms with Gasteiger partial charge in [0.2, 0.25) is 0 Å². The molecule has 7 nitrogen and oxygen atoms in total. The van der Waals surface area contributed by atoms with Crippen LogP contribution in [0, 0.1) is 0 Å². The van der Waals surface area contributed by atoms with Gasteiger partial charge in [-0.1, -0.05) is 0 Å². The number of nitrogens with zero attached hydrogens (tertiary/aromatic N) is 3. The number of imidazole rings is 1. The average Bonchev–Trinajstić information content (AvgIpc) is 2.96. The molecule has 3 rings (SSSR count). The molecule has 20 heavy (non-hydrogen) atoms. The van der Waals surface area contributed by atoms with E-state index in [0.29, 0.717) is 23.0 Å². The average molecular weight is 271 g/mol. The Morgan fingerprint density at radius 1 is 1.00 bits per heavy atom. The number of H-pyrrole nitrogens is 1. The van der Waals surface area contributed by atoms with Crippen LogP contribution in [0.5, 0.6) is 11.5 Å². The molecule has 0 unspecified atom stereocenters. The molecule has 0 aliphatic carbocycles. The van der Waals surface area contributed by atoms with E-state index < -0.39 is 0 Å². The van der Waals surface area contributed by atoms with Gasteiger partial charge >= 0.3 is 0 Å². The SMILES string of the molecule is COc1cc(Nc2ncnc3nc[nH]c23)cc(OC)c1. The maximum atomic E-state index is 5.23. The Bertz CT molecular complexity index is 718. The van der Waals surface area contributed by atoms with Gasteiger partial charge in [-0.15, -0.1) is 0 Å². The standard InChI is InChI=1S/C13H13N5O2/c1-19-9-3-8(4-10(5-9)20-2)18-13-11-12(15-6-14-11)16-7-17-13/h3-7H,1-2H3,(H2,14,15,16,17,18). The topological polar surface area (TPSA) is 85.0 Å². The summed E-state index contributed by atoms with van der Waals surface area (Å²) in [5, 5.41) is 3.20. The van der Waals surface area contributed by atoms with Crippen LogP contribution in [0.2, 0.25) is 0 Å². The molecule has 0 spiro atoms. The number of aromatic amines is 1. The van der Waals surface area contributed by atoms with Crippen LogP contribution in [-0.4, -0.2) is 34.2 Å². The summed E-state index contributed by atoms with van der Waals surface area (Å²) in [6.45, 7) is 0. The Kier molecular flexibility index (Phi) is 3.08. The molecule has 7 heteroatoms. The lowest BCUT2D eigenvalue weighted by atomic mass is 10.2. The highest BCUT2D eigenvalue weighted by molar-refractivity contribution is 5.84. The van der Waals surface area contributed by atoms with E-state index in [1.165, 1.54) is 6.33 Å². The molecule has 2 N–H and O–H groups in total. The van der Waals surface area contributed by atoms with Crippen LogP contribution in [0.15, 0.2) is 30.9 Å². The Morgan fingerprint density at radius 3 is 2.45 bits per heavy atom. The Hall–Kier alpha value is -2.83. The summed E-state index contributed by atoms with van der Waals surface area (Å²) in [5.74, 6) is 2.03. The number of rotatable bonds is 4. The Balaban J connectivity index is 2.00. The van der Waals surface area contributed by atoms with E-state index in [-0.39, 0.29) is 0 Å². The fourth-order valence-corrected chi connectivity index (χ4v) is 1.88. The number of methoxy groups -OCH3 is 2. The van der Waals surface area contributed by atoms with Crippen molar-refractivity contribution in [3.63, 3.8) is 0 Å². The van der Waals surface area contributed by atoms with Gasteiger partial charge in [0.1, 0.15) is 23.3 Å². The summed E-state index contributed by atoms with van der Waals surface area (Å²) in [4.78, 5) is 15.4. The van der Waals surface area contributed by atoms with E-state index in [2.05, 4.69) is 25.3 Å². The van der Waals surface area contributed by atoms with Crippen LogP contribution >= 0.6 is 0 Å². The lowest BCUT2D eigenvalue weighted by molar-refractivity contribution is 0.395. The first kappa shape index (κ1) is 12.2. The normalized spacial score (nSPS) is 10.5. The first-order chi connectivity index (χ1) is 9.80. The predicted octanol–water partition coefficient (Wildman–Crippen LogP) is 2.11. The molecule has 0 fully saturated rings. The fraction of sp³-hybridized carbons (Fsp3) is 0.154. The van der Waals surface area contributed by atoms with Crippen molar-refractivity contribution in [2.75, 3.05) is 19.5 Å². The molecular weight excluding hydrogens is 258 g/mol. The highest BCUT2D eigenvalue weighted by Crippen LogP contribution is 2.28. The lowest BCUT2D eigenvalue weighted by Crippen LogP contribution is -1.97. The number of benzene rings is 1. The molecule has 102 valence electrons. The van der Waals surface area contributed by atoms with Crippen molar-refractivity contribution >= 4 is 22.7 Å². The van der Waals surface area contributed by atoms with Crippen molar-refractivity contribution in [1.82, 2.24) is 19.9 Å². The largest absolute Gasteiger partial charge is 0.497 e. The fourth-order valence-electron chi connectivity index (χ4n) is 1.88. The number of fused-ring (bicyclic) bond motifs is 1. The van der Waals surface area contributed by atoms with E-state index in [1.807, 2.05) is 12.1 Å². The molecule has 1 aromatic carbocycles. The molecule has 2 heterocycles. The van der Waals surface area contributed by atoms with Crippen LogP contribution in [0.1, 0.15) is 0 Å². The maximum absolute atomic E-state index is 5.23. The number of anilines is 2. The summed E-state index contributed by atoms with van der Waals surface area (Å²) in [6.07, 6.45) is 3.04. The van der Waals surface area contributed by atoms with Gasteiger partial charge in [-0.2, -0.15) is 0 Å². The van der Waals surface area contributed by atoms with Gasteiger partial charge in [0.25, 0.3) is 0 Å².